The van der Waals surface area contributed by atoms with Crippen molar-refractivity contribution in [2.45, 2.75) is 13.8 Å². The molecule has 2 amide bonds. The van der Waals surface area contributed by atoms with Crippen molar-refractivity contribution < 1.29 is 23.5 Å². The molecule has 0 atom stereocenters. The number of esters is 1. The lowest BCUT2D eigenvalue weighted by Gasteiger charge is -2.08. The van der Waals surface area contributed by atoms with Gasteiger partial charge in [-0.1, -0.05) is 23.2 Å². The fourth-order valence-corrected chi connectivity index (χ4v) is 4.24. The maximum absolute atomic E-state index is 13.2. The fourth-order valence-electron chi connectivity index (χ4n) is 2.82. The molecule has 166 valence electrons. The van der Waals surface area contributed by atoms with Gasteiger partial charge < -0.3 is 15.4 Å². The molecule has 10 heteroatoms. The molecule has 3 aromatic rings. The van der Waals surface area contributed by atoms with Crippen LogP contribution in [0, 0.1) is 12.7 Å². The third-order valence-corrected chi connectivity index (χ3v) is 6.11. The molecule has 0 aliphatic carbocycles. The Hall–Kier alpha value is -2.94. The van der Waals surface area contributed by atoms with Gasteiger partial charge in [0.1, 0.15) is 10.8 Å². The van der Waals surface area contributed by atoms with Crippen LogP contribution >= 0.6 is 34.5 Å². The first-order chi connectivity index (χ1) is 15.2. The lowest BCUT2D eigenvalue weighted by Crippen LogP contribution is -2.15. The van der Waals surface area contributed by atoms with Crippen molar-refractivity contribution in [3.63, 3.8) is 0 Å². The van der Waals surface area contributed by atoms with Gasteiger partial charge in [0.05, 0.1) is 27.8 Å². The van der Waals surface area contributed by atoms with Crippen LogP contribution in [0.25, 0.3) is 0 Å². The highest BCUT2D eigenvalue weighted by Gasteiger charge is 2.27. The Bertz CT molecular complexity index is 1200. The topological polar surface area (TPSA) is 84.5 Å². The van der Waals surface area contributed by atoms with Crippen molar-refractivity contribution in [3.8, 4) is 0 Å². The molecule has 6 nitrogen and oxygen atoms in total. The third-order valence-electron chi connectivity index (χ3n) is 4.34. The van der Waals surface area contributed by atoms with Crippen LogP contribution in [0.4, 0.5) is 15.1 Å². The summed E-state index contributed by atoms with van der Waals surface area (Å²) in [4.78, 5) is 38.3. The van der Waals surface area contributed by atoms with E-state index in [4.69, 9.17) is 27.9 Å². The van der Waals surface area contributed by atoms with Gasteiger partial charge in [0.25, 0.3) is 11.8 Å². The first-order valence-corrected chi connectivity index (χ1v) is 10.9. The molecule has 0 spiro atoms. The van der Waals surface area contributed by atoms with Crippen molar-refractivity contribution in [1.82, 2.24) is 0 Å². The molecule has 2 aromatic carbocycles. The number of ether oxygens (including phenoxy) is 1. The Kier molecular flexibility index (Phi) is 7.50. The van der Waals surface area contributed by atoms with E-state index in [-0.39, 0.29) is 32.6 Å². The SMILES string of the molecule is CCOC(=O)c1c(NC(=O)c2ccc(F)cc2)sc(C(=O)Nc2cc(Cl)ccc2Cl)c1C. The zero-order valence-electron chi connectivity index (χ0n) is 16.9. The molecule has 2 N–H and O–H groups in total. The fraction of sp³-hybridized carbons (Fsp3) is 0.136. The Morgan fingerprint density at radius 3 is 2.38 bits per heavy atom. The van der Waals surface area contributed by atoms with Crippen LogP contribution in [-0.4, -0.2) is 24.4 Å². The lowest BCUT2D eigenvalue weighted by molar-refractivity contribution is 0.0527. The summed E-state index contributed by atoms with van der Waals surface area (Å²) < 4.78 is 18.3. The van der Waals surface area contributed by atoms with Crippen molar-refractivity contribution >= 4 is 63.0 Å². The Morgan fingerprint density at radius 1 is 1.03 bits per heavy atom. The Balaban J connectivity index is 1.96. The summed E-state index contributed by atoms with van der Waals surface area (Å²) in [7, 11) is 0. The molecule has 0 aliphatic rings. The molecular weight excluding hydrogens is 478 g/mol. The van der Waals surface area contributed by atoms with Gasteiger partial charge >= 0.3 is 5.97 Å². The largest absolute Gasteiger partial charge is 0.462 e. The molecule has 0 radical (unpaired) electrons. The highest BCUT2D eigenvalue weighted by molar-refractivity contribution is 7.19. The van der Waals surface area contributed by atoms with E-state index >= 15 is 0 Å². The van der Waals surface area contributed by atoms with Crippen molar-refractivity contribution in [2.24, 2.45) is 0 Å². The summed E-state index contributed by atoms with van der Waals surface area (Å²) in [6.07, 6.45) is 0. The number of carbonyl (C=O) groups excluding carboxylic acids is 3. The van der Waals surface area contributed by atoms with Gasteiger partial charge in [-0.05, 0) is 61.9 Å². The standard InChI is InChI=1S/C22H17Cl2FN2O4S/c1-3-31-22(30)17-11(2)18(20(29)26-16-10-13(23)6-9-15(16)24)32-21(17)27-19(28)12-4-7-14(25)8-5-12/h4-10H,3H2,1-2H3,(H,26,29)(H,27,28). The molecule has 0 unspecified atom stereocenters. The van der Waals surface area contributed by atoms with E-state index < -0.39 is 23.6 Å². The smallest absolute Gasteiger partial charge is 0.341 e. The van der Waals surface area contributed by atoms with E-state index in [0.29, 0.717) is 16.3 Å². The molecule has 0 fully saturated rings. The lowest BCUT2D eigenvalue weighted by atomic mass is 10.1. The molecule has 0 saturated heterocycles. The quantitative estimate of drug-likeness (QED) is 0.400. The van der Waals surface area contributed by atoms with E-state index in [1.54, 1.807) is 26.0 Å². The van der Waals surface area contributed by atoms with Gasteiger partial charge in [-0.3, -0.25) is 9.59 Å². The zero-order valence-corrected chi connectivity index (χ0v) is 19.3. The second-order valence-corrected chi connectivity index (χ2v) is 8.38. The minimum atomic E-state index is -0.685. The minimum Gasteiger partial charge on any atom is -0.462 e. The number of halogens is 3. The van der Waals surface area contributed by atoms with Crippen molar-refractivity contribution in [1.29, 1.82) is 0 Å². The second-order valence-electron chi connectivity index (χ2n) is 6.52. The summed E-state index contributed by atoms with van der Waals surface area (Å²) in [5, 5.41) is 6.08. The van der Waals surface area contributed by atoms with Gasteiger partial charge in [-0.15, -0.1) is 11.3 Å². The first-order valence-electron chi connectivity index (χ1n) is 9.35. The van der Waals surface area contributed by atoms with Crippen LogP contribution in [0.2, 0.25) is 10.0 Å². The maximum atomic E-state index is 13.2. The van der Waals surface area contributed by atoms with Gasteiger partial charge in [0.15, 0.2) is 0 Å². The van der Waals surface area contributed by atoms with E-state index in [9.17, 15) is 18.8 Å². The van der Waals surface area contributed by atoms with Gasteiger partial charge in [-0.25, -0.2) is 9.18 Å². The first kappa shape index (κ1) is 23.7. The van der Waals surface area contributed by atoms with Crippen LogP contribution in [0.1, 0.15) is 42.9 Å². The van der Waals surface area contributed by atoms with Crippen molar-refractivity contribution in [2.75, 3.05) is 17.2 Å². The number of hydrogen-bond donors (Lipinski definition) is 2. The number of rotatable bonds is 6. The molecule has 0 saturated carbocycles. The van der Waals surface area contributed by atoms with Crippen LogP contribution < -0.4 is 10.6 Å². The average Bonchev–Trinajstić information content (AvgIpc) is 3.07. The van der Waals surface area contributed by atoms with E-state index in [1.165, 1.54) is 18.2 Å². The average molecular weight is 495 g/mol. The normalized spacial score (nSPS) is 10.5. The molecule has 3 rings (SSSR count). The predicted octanol–water partition coefficient (Wildman–Crippen LogP) is 6.18. The monoisotopic (exact) mass is 494 g/mol. The summed E-state index contributed by atoms with van der Waals surface area (Å²) in [5.41, 5.74) is 0.878. The number of nitrogens with one attached hydrogen (secondary N) is 2. The zero-order chi connectivity index (χ0) is 23.4. The number of hydrogen-bond acceptors (Lipinski definition) is 5. The molecule has 0 bridgehead atoms. The predicted molar refractivity (Wildman–Crippen MR) is 124 cm³/mol. The molecule has 0 aliphatic heterocycles. The van der Waals surface area contributed by atoms with Gasteiger partial charge in [0, 0.05) is 10.6 Å². The summed E-state index contributed by atoms with van der Waals surface area (Å²) in [6, 6.07) is 9.53. The highest BCUT2D eigenvalue weighted by atomic mass is 35.5. The molecular formula is C22H17Cl2FN2O4S. The molecule has 32 heavy (non-hydrogen) atoms. The minimum absolute atomic E-state index is 0.0645. The van der Waals surface area contributed by atoms with Gasteiger partial charge in [-0.2, -0.15) is 0 Å². The van der Waals surface area contributed by atoms with Gasteiger partial charge in [0.2, 0.25) is 0 Å². The van der Waals surface area contributed by atoms with Crippen molar-refractivity contribution in [3.05, 3.63) is 79.9 Å². The summed E-state index contributed by atoms with van der Waals surface area (Å²) >= 11 is 13.0. The van der Waals surface area contributed by atoms with Crippen LogP contribution in [-0.2, 0) is 4.74 Å². The number of carbonyl (C=O) groups is 3. The van der Waals surface area contributed by atoms with Crippen LogP contribution in [0.3, 0.4) is 0 Å². The third kappa shape index (κ3) is 5.27. The molecule has 1 aromatic heterocycles. The van der Waals surface area contributed by atoms with E-state index in [1.807, 2.05) is 0 Å². The van der Waals surface area contributed by atoms with Crippen LogP contribution in [0.5, 0.6) is 0 Å². The highest BCUT2D eigenvalue weighted by Crippen LogP contribution is 2.35. The Morgan fingerprint density at radius 2 is 1.72 bits per heavy atom. The second kappa shape index (κ2) is 10.1. The summed E-state index contributed by atoms with van der Waals surface area (Å²) in [6.45, 7) is 3.33. The number of anilines is 2. The number of benzene rings is 2. The van der Waals surface area contributed by atoms with Crippen LogP contribution in [0.15, 0.2) is 42.5 Å². The molecule has 1 heterocycles. The number of thiophene rings is 1. The van der Waals surface area contributed by atoms with E-state index in [2.05, 4.69) is 10.6 Å². The number of amides is 2. The van der Waals surface area contributed by atoms with E-state index in [0.717, 1.165) is 23.5 Å². The summed E-state index contributed by atoms with van der Waals surface area (Å²) in [5.74, 6) is -2.28. The maximum Gasteiger partial charge on any atom is 0.341 e. The Labute approximate surface area is 197 Å².